The van der Waals surface area contributed by atoms with Gasteiger partial charge < -0.3 is 24.8 Å². The fourth-order valence-electron chi connectivity index (χ4n) is 1.97. The summed E-state index contributed by atoms with van der Waals surface area (Å²) in [7, 11) is 0. The lowest BCUT2D eigenvalue weighted by Crippen LogP contribution is -2.53. The Hall–Kier alpha value is -2.32. The highest BCUT2D eigenvalue weighted by Gasteiger charge is 2.31. The van der Waals surface area contributed by atoms with Gasteiger partial charge in [0, 0.05) is 0 Å². The Bertz CT molecular complexity index is 580. The molecular formula is C20H36N2O7. The van der Waals surface area contributed by atoms with Gasteiger partial charge in [0.25, 0.3) is 0 Å². The first-order valence-corrected chi connectivity index (χ1v) is 9.54. The van der Waals surface area contributed by atoms with Crippen LogP contribution in [-0.2, 0) is 28.6 Å². The van der Waals surface area contributed by atoms with Crippen molar-refractivity contribution < 1.29 is 33.4 Å². The Morgan fingerprint density at radius 1 is 0.724 bits per heavy atom. The molecule has 0 aliphatic carbocycles. The van der Waals surface area contributed by atoms with Crippen LogP contribution in [0.1, 0.15) is 75.7 Å². The third-order valence-electron chi connectivity index (χ3n) is 2.92. The number of carbonyl (C=O) groups excluding carboxylic acids is 4. The average Bonchev–Trinajstić information content (AvgIpc) is 2.40. The van der Waals surface area contributed by atoms with Gasteiger partial charge in [-0.15, -0.1) is 0 Å². The van der Waals surface area contributed by atoms with Crippen molar-refractivity contribution in [3.63, 3.8) is 0 Å². The summed E-state index contributed by atoms with van der Waals surface area (Å²) >= 11 is 0. The molecule has 2 N–H and O–H groups in total. The lowest BCUT2D eigenvalue weighted by Gasteiger charge is -2.26. The summed E-state index contributed by atoms with van der Waals surface area (Å²) in [5.41, 5.74) is -2.27. The number of hydrogen-bond acceptors (Lipinski definition) is 7. The molecule has 0 aliphatic rings. The lowest BCUT2D eigenvalue weighted by molar-refractivity contribution is -0.158. The molecule has 29 heavy (non-hydrogen) atoms. The first-order chi connectivity index (χ1) is 12.8. The van der Waals surface area contributed by atoms with E-state index in [4.69, 9.17) is 14.2 Å². The highest BCUT2D eigenvalue weighted by atomic mass is 16.6. The van der Waals surface area contributed by atoms with Crippen molar-refractivity contribution in [3.05, 3.63) is 0 Å². The van der Waals surface area contributed by atoms with Crippen molar-refractivity contribution in [2.45, 2.75) is 105 Å². The normalized spacial score (nSPS) is 14.3. The molecule has 0 aromatic heterocycles. The standard InChI is InChI=1S/C20H36N2O7/c1-12(16(25)28-19(5,6)7)21-15(24)13(11-14(23)27-18(2,3)4)22-17(26)29-20(8,9)10/h12-13H,11H2,1-10H3,(H,21,24)(H,22,26)/t12-,13-/m0/s1. The molecule has 0 aromatic rings. The average molecular weight is 417 g/mol. The lowest BCUT2D eigenvalue weighted by atomic mass is 10.1. The maximum atomic E-state index is 12.6. The molecule has 168 valence electrons. The van der Waals surface area contributed by atoms with Crippen molar-refractivity contribution in [2.24, 2.45) is 0 Å². The molecule has 0 fully saturated rings. The number of rotatable bonds is 6. The first kappa shape index (κ1) is 26.7. The number of ether oxygens (including phenoxy) is 3. The maximum absolute atomic E-state index is 12.6. The molecular weight excluding hydrogens is 380 g/mol. The fraction of sp³-hybridized carbons (Fsp3) is 0.800. The minimum absolute atomic E-state index is 0.427. The number of carbonyl (C=O) groups is 4. The molecule has 9 nitrogen and oxygen atoms in total. The summed E-state index contributed by atoms with van der Waals surface area (Å²) in [5.74, 6) is -2.06. The second-order valence-electron chi connectivity index (χ2n) is 9.75. The molecule has 0 spiro atoms. The first-order valence-electron chi connectivity index (χ1n) is 9.54. The van der Waals surface area contributed by atoms with Gasteiger partial charge in [0.15, 0.2) is 0 Å². The third-order valence-corrected chi connectivity index (χ3v) is 2.92. The number of amides is 2. The largest absolute Gasteiger partial charge is 0.460 e. The van der Waals surface area contributed by atoms with Crippen molar-refractivity contribution in [1.82, 2.24) is 10.6 Å². The smallest absolute Gasteiger partial charge is 0.408 e. The van der Waals surface area contributed by atoms with Crippen molar-refractivity contribution >= 4 is 23.9 Å². The molecule has 2 amide bonds. The van der Waals surface area contributed by atoms with Crippen LogP contribution in [0.15, 0.2) is 0 Å². The summed E-state index contributed by atoms with van der Waals surface area (Å²) in [6.45, 7) is 16.6. The van der Waals surface area contributed by atoms with Crippen molar-refractivity contribution in [3.8, 4) is 0 Å². The van der Waals surface area contributed by atoms with E-state index in [1.54, 1.807) is 62.3 Å². The van der Waals surface area contributed by atoms with Crippen LogP contribution in [0.3, 0.4) is 0 Å². The van der Waals surface area contributed by atoms with Gasteiger partial charge >= 0.3 is 18.0 Å². The van der Waals surface area contributed by atoms with Crippen LogP contribution in [0.5, 0.6) is 0 Å². The van der Waals surface area contributed by atoms with E-state index in [-0.39, 0.29) is 0 Å². The summed E-state index contributed by atoms with van der Waals surface area (Å²) in [5, 5.41) is 4.80. The summed E-state index contributed by atoms with van der Waals surface area (Å²) in [4.78, 5) is 49.0. The second-order valence-corrected chi connectivity index (χ2v) is 9.75. The molecule has 0 rings (SSSR count). The van der Waals surface area contributed by atoms with Crippen LogP contribution >= 0.6 is 0 Å². The van der Waals surface area contributed by atoms with Crippen LogP contribution in [0, 0.1) is 0 Å². The van der Waals surface area contributed by atoms with E-state index in [9.17, 15) is 19.2 Å². The molecule has 0 saturated heterocycles. The Balaban J connectivity index is 5.24. The van der Waals surface area contributed by atoms with E-state index in [1.165, 1.54) is 6.92 Å². The number of nitrogens with one attached hydrogen (secondary N) is 2. The van der Waals surface area contributed by atoms with E-state index >= 15 is 0 Å². The fourth-order valence-corrected chi connectivity index (χ4v) is 1.97. The van der Waals surface area contributed by atoms with Crippen LogP contribution in [0.4, 0.5) is 4.79 Å². The molecule has 2 atom stereocenters. The van der Waals surface area contributed by atoms with E-state index in [0.29, 0.717) is 0 Å². The zero-order valence-corrected chi connectivity index (χ0v) is 19.2. The van der Waals surface area contributed by atoms with Gasteiger partial charge in [-0.05, 0) is 69.2 Å². The van der Waals surface area contributed by atoms with Gasteiger partial charge in [0.2, 0.25) is 5.91 Å². The Kier molecular flexibility index (Phi) is 9.14. The summed E-state index contributed by atoms with van der Waals surface area (Å²) in [6.07, 6.45) is -1.30. The number of esters is 2. The summed E-state index contributed by atoms with van der Waals surface area (Å²) < 4.78 is 15.6. The van der Waals surface area contributed by atoms with Gasteiger partial charge in [-0.2, -0.15) is 0 Å². The molecule has 9 heteroatoms. The Morgan fingerprint density at radius 2 is 1.17 bits per heavy atom. The Labute approximate surface area is 173 Å². The predicted octanol–water partition coefficient (Wildman–Crippen LogP) is 2.46. The zero-order valence-electron chi connectivity index (χ0n) is 19.2. The van der Waals surface area contributed by atoms with E-state index in [0.717, 1.165) is 0 Å². The van der Waals surface area contributed by atoms with Crippen LogP contribution in [0.2, 0.25) is 0 Å². The molecule has 0 aliphatic heterocycles. The minimum atomic E-state index is -1.29. The van der Waals surface area contributed by atoms with Crippen LogP contribution < -0.4 is 10.6 Å². The molecule has 0 heterocycles. The minimum Gasteiger partial charge on any atom is -0.460 e. The monoisotopic (exact) mass is 416 g/mol. The van der Waals surface area contributed by atoms with Gasteiger partial charge in [0.05, 0.1) is 6.42 Å². The van der Waals surface area contributed by atoms with Gasteiger partial charge in [-0.3, -0.25) is 9.59 Å². The molecule has 0 aromatic carbocycles. The molecule has 0 saturated carbocycles. The highest BCUT2D eigenvalue weighted by Crippen LogP contribution is 2.12. The predicted molar refractivity (Wildman–Crippen MR) is 107 cm³/mol. The summed E-state index contributed by atoms with van der Waals surface area (Å²) in [6, 6.07) is -2.27. The topological polar surface area (TPSA) is 120 Å². The van der Waals surface area contributed by atoms with Gasteiger partial charge in [0.1, 0.15) is 28.9 Å². The molecule has 0 radical (unpaired) electrons. The van der Waals surface area contributed by atoms with Gasteiger partial charge in [-0.1, -0.05) is 0 Å². The third kappa shape index (κ3) is 13.5. The Morgan fingerprint density at radius 3 is 1.59 bits per heavy atom. The van der Waals surface area contributed by atoms with Crippen molar-refractivity contribution in [2.75, 3.05) is 0 Å². The van der Waals surface area contributed by atoms with Crippen LogP contribution in [-0.4, -0.2) is 52.8 Å². The zero-order chi connectivity index (χ0) is 23.2. The van der Waals surface area contributed by atoms with Gasteiger partial charge in [-0.25, -0.2) is 9.59 Å². The molecule has 0 unspecified atom stereocenters. The number of hydrogen-bond donors (Lipinski definition) is 2. The molecule has 0 bridgehead atoms. The SMILES string of the molecule is C[C@H](NC(=O)[C@H](CC(=O)OC(C)(C)C)NC(=O)OC(C)(C)C)C(=O)OC(C)(C)C. The number of alkyl carbamates (subject to hydrolysis) is 1. The van der Waals surface area contributed by atoms with Crippen molar-refractivity contribution in [1.29, 1.82) is 0 Å². The van der Waals surface area contributed by atoms with Crippen LogP contribution in [0.25, 0.3) is 0 Å². The van der Waals surface area contributed by atoms with E-state index in [2.05, 4.69) is 10.6 Å². The maximum Gasteiger partial charge on any atom is 0.408 e. The second kappa shape index (κ2) is 9.93. The van der Waals surface area contributed by atoms with E-state index < -0.39 is 59.2 Å². The van der Waals surface area contributed by atoms with E-state index in [1.807, 2.05) is 0 Å². The highest BCUT2D eigenvalue weighted by molar-refractivity contribution is 5.92. The quantitative estimate of drug-likeness (QED) is 0.504.